The summed E-state index contributed by atoms with van der Waals surface area (Å²) < 4.78 is 16.8. The minimum Gasteiger partial charge on any atom is -0.491 e. The quantitative estimate of drug-likeness (QED) is 0.116. The molecular formula is C38H64N4O8. The second-order valence-electron chi connectivity index (χ2n) is 16.0. The first-order valence-electron chi connectivity index (χ1n) is 18.1. The van der Waals surface area contributed by atoms with E-state index in [-0.39, 0.29) is 55.4 Å². The molecule has 0 radical (unpaired) electrons. The summed E-state index contributed by atoms with van der Waals surface area (Å²) in [5.74, 6) is -1.44. The molecule has 0 spiro atoms. The Morgan fingerprint density at radius 2 is 1.58 bits per heavy atom. The summed E-state index contributed by atoms with van der Waals surface area (Å²) >= 11 is 0. The van der Waals surface area contributed by atoms with Crippen molar-refractivity contribution in [3.8, 4) is 5.75 Å². The molecule has 4 atom stereocenters. The van der Waals surface area contributed by atoms with Crippen LogP contribution in [0.1, 0.15) is 106 Å². The number of amides is 4. The van der Waals surface area contributed by atoms with Crippen LogP contribution >= 0.6 is 0 Å². The number of rotatable bonds is 20. The Kier molecular flexibility index (Phi) is 16.5. The van der Waals surface area contributed by atoms with Gasteiger partial charge in [-0.25, -0.2) is 4.79 Å². The summed E-state index contributed by atoms with van der Waals surface area (Å²) in [6.45, 7) is 17.4. The van der Waals surface area contributed by atoms with Gasteiger partial charge in [0.1, 0.15) is 11.4 Å². The van der Waals surface area contributed by atoms with Gasteiger partial charge in [0.25, 0.3) is 0 Å². The number of aliphatic hydroxyl groups excluding tert-OH is 1. The van der Waals surface area contributed by atoms with Gasteiger partial charge >= 0.3 is 6.09 Å². The Balaban J connectivity index is 2.27. The van der Waals surface area contributed by atoms with Crippen LogP contribution in [0.4, 0.5) is 10.5 Å². The third-order valence-corrected chi connectivity index (χ3v) is 9.34. The first-order valence-corrected chi connectivity index (χ1v) is 18.1. The predicted octanol–water partition coefficient (Wildman–Crippen LogP) is 5.13. The maximum Gasteiger partial charge on any atom is 0.407 e. The molecule has 0 fully saturated rings. The number of fused-ring (bicyclic) bond motifs is 1. The fourth-order valence-electron chi connectivity index (χ4n) is 5.96. The summed E-state index contributed by atoms with van der Waals surface area (Å²) in [5, 5.41) is 20.4. The fraction of sp³-hybridized carbons (Fsp3) is 0.737. The number of hydrogen-bond donors (Lipinski definition) is 5. The van der Waals surface area contributed by atoms with Crippen LogP contribution in [0.25, 0.3) is 0 Å². The van der Waals surface area contributed by atoms with Gasteiger partial charge in [-0.3, -0.25) is 14.4 Å². The molecule has 6 N–H and O–H groups in total. The first-order chi connectivity index (χ1) is 23.2. The maximum atomic E-state index is 13.6. The lowest BCUT2D eigenvalue weighted by Gasteiger charge is -2.33. The van der Waals surface area contributed by atoms with Gasteiger partial charge in [0, 0.05) is 39.0 Å². The molecule has 1 aliphatic carbocycles. The van der Waals surface area contributed by atoms with Crippen molar-refractivity contribution in [2.24, 2.45) is 34.8 Å². The van der Waals surface area contributed by atoms with Crippen molar-refractivity contribution in [1.29, 1.82) is 0 Å². The average Bonchev–Trinajstić information content (AvgIpc) is 3.45. The Labute approximate surface area is 299 Å². The zero-order valence-corrected chi connectivity index (χ0v) is 32.1. The number of carbonyl (C=O) groups is 4. The molecular weight excluding hydrogens is 640 g/mol. The molecule has 0 unspecified atom stereocenters. The molecule has 0 aliphatic heterocycles. The predicted molar refractivity (Wildman–Crippen MR) is 195 cm³/mol. The molecule has 1 aliphatic rings. The van der Waals surface area contributed by atoms with E-state index in [1.807, 2.05) is 39.8 Å². The summed E-state index contributed by atoms with van der Waals surface area (Å²) in [5.41, 5.74) is 6.84. The number of nitrogens with two attached hydrogens (primary N) is 1. The van der Waals surface area contributed by atoms with Gasteiger partial charge < -0.3 is 41.0 Å². The summed E-state index contributed by atoms with van der Waals surface area (Å²) in [7, 11) is 1.65. The summed E-state index contributed by atoms with van der Waals surface area (Å²) in [6, 6.07) is 3.22. The minimum atomic E-state index is -1.14. The second kappa shape index (κ2) is 19.3. The number of nitrogens with one attached hydrogen (secondary N) is 3. The highest BCUT2D eigenvalue weighted by atomic mass is 16.6. The van der Waals surface area contributed by atoms with Crippen LogP contribution in [0.3, 0.4) is 0 Å². The number of ether oxygens (including phenoxy) is 3. The van der Waals surface area contributed by atoms with Crippen molar-refractivity contribution in [2.75, 3.05) is 32.2 Å². The molecule has 0 aromatic heterocycles. The Morgan fingerprint density at radius 1 is 0.940 bits per heavy atom. The molecule has 0 heterocycles. The molecule has 0 saturated carbocycles. The third kappa shape index (κ3) is 14.1. The van der Waals surface area contributed by atoms with E-state index < -0.39 is 41.1 Å². The molecule has 12 nitrogen and oxygen atoms in total. The van der Waals surface area contributed by atoms with Crippen LogP contribution in [0.2, 0.25) is 0 Å². The van der Waals surface area contributed by atoms with Gasteiger partial charge in [-0.1, -0.05) is 27.7 Å². The molecule has 12 heteroatoms. The van der Waals surface area contributed by atoms with Crippen molar-refractivity contribution in [3.05, 3.63) is 23.3 Å². The normalized spacial score (nSPS) is 15.5. The molecule has 1 aromatic rings. The van der Waals surface area contributed by atoms with Gasteiger partial charge in [-0.15, -0.1) is 0 Å². The highest BCUT2D eigenvalue weighted by molar-refractivity contribution is 5.92. The van der Waals surface area contributed by atoms with Crippen molar-refractivity contribution in [3.63, 3.8) is 0 Å². The van der Waals surface area contributed by atoms with E-state index in [2.05, 4.69) is 16.0 Å². The number of primary amides is 1. The van der Waals surface area contributed by atoms with Crippen LogP contribution < -0.4 is 26.4 Å². The van der Waals surface area contributed by atoms with E-state index >= 15 is 0 Å². The third-order valence-electron chi connectivity index (χ3n) is 9.34. The highest BCUT2D eigenvalue weighted by Gasteiger charge is 2.35. The smallest absolute Gasteiger partial charge is 0.407 e. The van der Waals surface area contributed by atoms with E-state index in [0.717, 1.165) is 25.7 Å². The Morgan fingerprint density at radius 3 is 2.14 bits per heavy atom. The van der Waals surface area contributed by atoms with Gasteiger partial charge in [-0.2, -0.15) is 0 Å². The van der Waals surface area contributed by atoms with Crippen molar-refractivity contribution in [1.82, 2.24) is 10.6 Å². The van der Waals surface area contributed by atoms with Crippen molar-refractivity contribution < 1.29 is 38.5 Å². The molecule has 2 rings (SSSR count). The second-order valence-corrected chi connectivity index (χ2v) is 16.0. The first kappa shape index (κ1) is 42.8. The number of hydrogen-bond acceptors (Lipinski definition) is 8. The average molecular weight is 705 g/mol. The van der Waals surface area contributed by atoms with Crippen LogP contribution in [0.15, 0.2) is 12.1 Å². The van der Waals surface area contributed by atoms with Crippen molar-refractivity contribution >= 4 is 29.5 Å². The van der Waals surface area contributed by atoms with E-state index in [0.29, 0.717) is 24.7 Å². The van der Waals surface area contributed by atoms with Crippen LogP contribution in [-0.4, -0.2) is 73.5 Å². The minimum absolute atomic E-state index is 0.0147. The lowest BCUT2D eigenvalue weighted by Crippen LogP contribution is -2.49. The van der Waals surface area contributed by atoms with Gasteiger partial charge in [0.2, 0.25) is 17.7 Å². The number of methoxy groups -OCH3 is 1. The summed E-state index contributed by atoms with van der Waals surface area (Å²) in [4.78, 5) is 51.8. The van der Waals surface area contributed by atoms with E-state index in [1.165, 1.54) is 11.1 Å². The molecule has 284 valence electrons. The Bertz CT molecular complexity index is 1290. The van der Waals surface area contributed by atoms with Gasteiger partial charge in [0.15, 0.2) is 0 Å². The standard InChI is InChI=1S/C38H64N4O8/c1-23(2)27(20-33(44)41-30-17-25-13-11-14-26(25)19-32(30)49-16-12-15-48-10)18-29(42-36(47)50-37(5,6)7)31(43)21-28(24(3)4)34(45)40-22-38(8,9)35(39)46/h17,19,23-24,27-29,31,43H,11-16,18,20-22H2,1-10H3,(H2,39,46)(H,40,45)(H,41,44)(H,42,47)/t27-,28+,29+,31+/m1/s1. The van der Waals surface area contributed by atoms with Crippen LogP contribution in [0, 0.1) is 29.1 Å². The van der Waals surface area contributed by atoms with E-state index in [4.69, 9.17) is 19.9 Å². The topological polar surface area (TPSA) is 178 Å². The van der Waals surface area contributed by atoms with E-state index in [1.54, 1.807) is 41.7 Å². The lowest BCUT2D eigenvalue weighted by atomic mass is 9.81. The Hall–Kier alpha value is -3.38. The molecule has 50 heavy (non-hydrogen) atoms. The zero-order valence-electron chi connectivity index (χ0n) is 32.1. The molecule has 4 amide bonds. The molecule has 0 saturated heterocycles. The number of alkyl carbamates (subject to hydrolysis) is 1. The van der Waals surface area contributed by atoms with Gasteiger partial charge in [0.05, 0.1) is 29.9 Å². The monoisotopic (exact) mass is 704 g/mol. The zero-order chi connectivity index (χ0) is 37.8. The fourth-order valence-corrected chi connectivity index (χ4v) is 5.96. The highest BCUT2D eigenvalue weighted by Crippen LogP contribution is 2.35. The number of aliphatic hydroxyl groups is 1. The van der Waals surface area contributed by atoms with E-state index in [9.17, 15) is 24.3 Å². The number of anilines is 1. The number of benzene rings is 1. The van der Waals surface area contributed by atoms with Crippen LogP contribution in [-0.2, 0) is 36.7 Å². The number of carbonyl (C=O) groups excluding carboxylic acids is 4. The summed E-state index contributed by atoms with van der Waals surface area (Å²) in [6.07, 6.45) is 2.30. The lowest BCUT2D eigenvalue weighted by molar-refractivity contribution is -0.130. The molecule has 1 aromatic carbocycles. The molecule has 0 bridgehead atoms. The maximum absolute atomic E-state index is 13.6. The number of aryl methyl sites for hydroxylation is 2. The van der Waals surface area contributed by atoms with Gasteiger partial charge in [-0.05, 0) is 108 Å². The van der Waals surface area contributed by atoms with Crippen LogP contribution in [0.5, 0.6) is 5.75 Å². The largest absolute Gasteiger partial charge is 0.491 e. The van der Waals surface area contributed by atoms with Crippen molar-refractivity contribution in [2.45, 2.75) is 125 Å². The SMILES string of the molecule is COCCCOc1cc2c(cc1NC(=O)C[C@@H](C[C@H](NC(=O)OC(C)(C)C)[C@@H](O)C[C@H](C(=O)NCC(C)(C)C(N)=O)C(C)C)C(C)C)CCC2.